The molecule has 4 rings (SSSR count). The van der Waals surface area contributed by atoms with E-state index in [1.165, 1.54) is 6.42 Å². The molecular weight excluding hydrogens is 416 g/mol. The average molecular weight is 449 g/mol. The van der Waals surface area contributed by atoms with Gasteiger partial charge in [0.05, 0.1) is 12.1 Å². The van der Waals surface area contributed by atoms with E-state index in [0.29, 0.717) is 35.9 Å². The molecule has 1 N–H and O–H groups in total. The molecule has 2 aromatic rings. The van der Waals surface area contributed by atoms with Crippen LogP contribution in [0.1, 0.15) is 65.7 Å². The van der Waals surface area contributed by atoms with Gasteiger partial charge in [-0.05, 0) is 25.0 Å². The van der Waals surface area contributed by atoms with Gasteiger partial charge in [-0.3, -0.25) is 14.4 Å². The number of benzene rings is 2. The highest BCUT2D eigenvalue weighted by Gasteiger charge is 2.30. The second-order valence-electron chi connectivity index (χ2n) is 8.95. The summed E-state index contributed by atoms with van der Waals surface area (Å²) in [4.78, 5) is 39.9. The first-order valence-electron chi connectivity index (χ1n) is 12.0. The van der Waals surface area contributed by atoms with Gasteiger partial charge >= 0.3 is 0 Å². The van der Waals surface area contributed by atoms with Crippen molar-refractivity contribution in [2.24, 2.45) is 5.92 Å². The lowest BCUT2D eigenvalue weighted by atomic mass is 9.88. The summed E-state index contributed by atoms with van der Waals surface area (Å²) in [7, 11) is 0. The van der Waals surface area contributed by atoms with Crippen molar-refractivity contribution in [1.82, 2.24) is 10.2 Å². The molecule has 1 heterocycles. The fourth-order valence-electron chi connectivity index (χ4n) is 4.72. The predicted molar refractivity (Wildman–Crippen MR) is 126 cm³/mol. The van der Waals surface area contributed by atoms with Gasteiger partial charge in [0.1, 0.15) is 11.9 Å². The number of ether oxygens (including phenoxy) is 1. The number of hydrogen-bond acceptors (Lipinski definition) is 4. The molecule has 0 aromatic heterocycles. The Morgan fingerprint density at radius 2 is 1.52 bits per heavy atom. The van der Waals surface area contributed by atoms with Gasteiger partial charge in [-0.25, -0.2) is 0 Å². The molecule has 1 aliphatic heterocycles. The van der Waals surface area contributed by atoms with E-state index in [-0.39, 0.29) is 30.3 Å². The van der Waals surface area contributed by atoms with E-state index in [4.69, 9.17) is 4.74 Å². The van der Waals surface area contributed by atoms with E-state index in [2.05, 4.69) is 5.32 Å². The van der Waals surface area contributed by atoms with Crippen molar-refractivity contribution in [1.29, 1.82) is 0 Å². The number of nitrogens with one attached hydrogen (secondary N) is 1. The molecule has 174 valence electrons. The minimum absolute atomic E-state index is 0.0414. The van der Waals surface area contributed by atoms with Crippen LogP contribution in [-0.2, 0) is 4.79 Å². The molecule has 2 aromatic carbocycles. The van der Waals surface area contributed by atoms with Gasteiger partial charge in [-0.15, -0.1) is 0 Å². The number of piperidine rings is 1. The number of likely N-dealkylation sites (tertiary alicyclic amines) is 1. The summed E-state index contributed by atoms with van der Waals surface area (Å²) in [6.07, 6.45) is 7.06. The Hall–Kier alpha value is -3.15. The largest absolute Gasteiger partial charge is 0.489 e. The van der Waals surface area contributed by atoms with E-state index in [1.807, 2.05) is 17.0 Å². The summed E-state index contributed by atoms with van der Waals surface area (Å²) in [5, 5.41) is 2.71. The first-order valence-corrected chi connectivity index (χ1v) is 12.0. The minimum atomic E-state index is -0.334. The van der Waals surface area contributed by atoms with E-state index in [1.54, 1.807) is 42.5 Å². The Labute approximate surface area is 195 Å². The molecular formula is C27H32N2O4. The van der Waals surface area contributed by atoms with Crippen LogP contribution < -0.4 is 10.1 Å². The Morgan fingerprint density at radius 3 is 2.24 bits per heavy atom. The van der Waals surface area contributed by atoms with Crippen LogP contribution in [0.5, 0.6) is 5.75 Å². The van der Waals surface area contributed by atoms with E-state index < -0.39 is 0 Å². The molecule has 0 unspecified atom stereocenters. The number of hydrogen-bond donors (Lipinski definition) is 1. The number of amides is 2. The maximum Gasteiger partial charge on any atom is 0.255 e. The zero-order chi connectivity index (χ0) is 23.0. The number of Topliss-reactive ketones (excluding diaryl/α,β-unsaturated/α-hetero) is 1. The SMILES string of the molecule is O=C(CNC(=O)c1ccccc1OC1CCN(C(=O)C2CCCCC2)CC1)c1ccccc1. The molecule has 0 bridgehead atoms. The summed E-state index contributed by atoms with van der Waals surface area (Å²) in [6.45, 7) is 1.32. The topological polar surface area (TPSA) is 75.7 Å². The molecule has 0 spiro atoms. The Balaban J connectivity index is 1.30. The van der Waals surface area contributed by atoms with Gasteiger partial charge in [0.15, 0.2) is 5.78 Å². The second-order valence-corrected chi connectivity index (χ2v) is 8.95. The van der Waals surface area contributed by atoms with E-state index >= 15 is 0 Å². The maximum atomic E-state index is 12.8. The molecule has 0 radical (unpaired) electrons. The summed E-state index contributed by atoms with van der Waals surface area (Å²) in [6, 6.07) is 16.0. The highest BCUT2D eigenvalue weighted by atomic mass is 16.5. The normalized spacial score (nSPS) is 17.4. The third-order valence-corrected chi connectivity index (χ3v) is 6.64. The Kier molecular flexibility index (Phi) is 7.76. The van der Waals surface area contributed by atoms with Crippen molar-refractivity contribution in [3.05, 3.63) is 65.7 Å². The molecule has 2 fully saturated rings. The number of nitrogens with zero attached hydrogens (tertiary/aromatic N) is 1. The van der Waals surface area contributed by atoms with Gasteiger partial charge in [-0.2, -0.15) is 0 Å². The molecule has 1 aliphatic carbocycles. The first kappa shape index (κ1) is 23.0. The van der Waals surface area contributed by atoms with Crippen LogP contribution in [-0.4, -0.2) is 48.2 Å². The van der Waals surface area contributed by atoms with Crippen molar-refractivity contribution in [3.8, 4) is 5.75 Å². The van der Waals surface area contributed by atoms with Crippen LogP contribution in [0.4, 0.5) is 0 Å². The van der Waals surface area contributed by atoms with E-state index in [0.717, 1.165) is 38.5 Å². The van der Waals surface area contributed by atoms with Crippen molar-refractivity contribution >= 4 is 17.6 Å². The van der Waals surface area contributed by atoms with Gasteiger partial charge in [0.2, 0.25) is 5.91 Å². The maximum absolute atomic E-state index is 12.8. The minimum Gasteiger partial charge on any atom is -0.489 e. The van der Waals surface area contributed by atoms with Crippen molar-refractivity contribution in [3.63, 3.8) is 0 Å². The molecule has 1 saturated carbocycles. The summed E-state index contributed by atoms with van der Waals surface area (Å²) in [5.41, 5.74) is 0.982. The number of rotatable bonds is 7. The fraction of sp³-hybridized carbons (Fsp3) is 0.444. The Bertz CT molecular complexity index is 961. The third-order valence-electron chi connectivity index (χ3n) is 6.64. The lowest BCUT2D eigenvalue weighted by molar-refractivity contribution is -0.138. The standard InChI is InChI=1S/C27H32N2O4/c30-24(20-9-3-1-4-10-20)19-28-26(31)23-13-7-8-14-25(23)33-22-15-17-29(18-16-22)27(32)21-11-5-2-6-12-21/h1,3-4,7-10,13-14,21-22H,2,5-6,11-12,15-19H2,(H,28,31). The summed E-state index contributed by atoms with van der Waals surface area (Å²) in [5.74, 6) is 0.534. The highest BCUT2D eigenvalue weighted by molar-refractivity contribution is 6.03. The van der Waals surface area contributed by atoms with Crippen LogP contribution in [0.3, 0.4) is 0 Å². The molecule has 1 saturated heterocycles. The molecule has 6 heteroatoms. The quantitative estimate of drug-likeness (QED) is 0.643. The zero-order valence-corrected chi connectivity index (χ0v) is 19.0. The highest BCUT2D eigenvalue weighted by Crippen LogP contribution is 2.28. The number of carbonyl (C=O) groups is 3. The van der Waals surface area contributed by atoms with Crippen LogP contribution >= 0.6 is 0 Å². The smallest absolute Gasteiger partial charge is 0.255 e. The van der Waals surface area contributed by atoms with Crippen LogP contribution in [0.15, 0.2) is 54.6 Å². The van der Waals surface area contributed by atoms with Gasteiger partial charge in [0, 0.05) is 37.4 Å². The zero-order valence-electron chi connectivity index (χ0n) is 19.0. The van der Waals surface area contributed by atoms with Gasteiger partial charge < -0.3 is 15.0 Å². The average Bonchev–Trinajstić information content (AvgIpc) is 2.88. The number of ketones is 1. The molecule has 2 amide bonds. The number of carbonyl (C=O) groups excluding carboxylic acids is 3. The lowest BCUT2D eigenvalue weighted by Gasteiger charge is -2.35. The molecule has 6 nitrogen and oxygen atoms in total. The van der Waals surface area contributed by atoms with E-state index in [9.17, 15) is 14.4 Å². The first-order chi connectivity index (χ1) is 16.1. The van der Waals surface area contributed by atoms with Crippen LogP contribution in [0, 0.1) is 5.92 Å². The third kappa shape index (κ3) is 6.01. The second kappa shape index (κ2) is 11.1. The van der Waals surface area contributed by atoms with Crippen molar-refractivity contribution < 1.29 is 19.1 Å². The number of para-hydroxylation sites is 1. The molecule has 0 atom stereocenters. The predicted octanol–water partition coefficient (Wildman–Crippen LogP) is 4.25. The van der Waals surface area contributed by atoms with Crippen LogP contribution in [0.25, 0.3) is 0 Å². The van der Waals surface area contributed by atoms with Crippen LogP contribution in [0.2, 0.25) is 0 Å². The Morgan fingerprint density at radius 1 is 0.848 bits per heavy atom. The molecule has 2 aliphatic rings. The monoisotopic (exact) mass is 448 g/mol. The molecule has 33 heavy (non-hydrogen) atoms. The van der Waals surface area contributed by atoms with Crippen molar-refractivity contribution in [2.45, 2.75) is 51.0 Å². The van der Waals surface area contributed by atoms with Gasteiger partial charge in [0.25, 0.3) is 5.91 Å². The lowest BCUT2D eigenvalue weighted by Crippen LogP contribution is -2.44. The fourth-order valence-corrected chi connectivity index (χ4v) is 4.72. The van der Waals surface area contributed by atoms with Crippen molar-refractivity contribution in [2.75, 3.05) is 19.6 Å². The summed E-state index contributed by atoms with van der Waals surface area (Å²) < 4.78 is 6.19. The van der Waals surface area contributed by atoms with Gasteiger partial charge in [-0.1, -0.05) is 61.7 Å². The summed E-state index contributed by atoms with van der Waals surface area (Å²) >= 11 is 0.